The molecule has 10 nitrogen and oxygen atoms in total. The van der Waals surface area contributed by atoms with E-state index in [0.717, 1.165) is 156 Å². The van der Waals surface area contributed by atoms with Gasteiger partial charge in [0, 0.05) is 78.3 Å². The van der Waals surface area contributed by atoms with Crippen molar-refractivity contribution in [1.29, 1.82) is 10.5 Å². The molecule has 0 bridgehead atoms. The molecule has 0 N–H and O–H groups in total. The van der Waals surface area contributed by atoms with Gasteiger partial charge < -0.3 is 14.4 Å². The highest BCUT2D eigenvalue weighted by atomic mass is 15.2. The van der Waals surface area contributed by atoms with Crippen molar-refractivity contribution in [3.63, 3.8) is 0 Å². The molecule has 3 aromatic heterocycles. The lowest BCUT2D eigenvalue weighted by molar-refractivity contribution is 1.06. The van der Waals surface area contributed by atoms with Gasteiger partial charge in [0.25, 0.3) is 6.71 Å². The van der Waals surface area contributed by atoms with E-state index in [4.69, 9.17) is 24.9 Å². The summed E-state index contributed by atoms with van der Waals surface area (Å²) in [5.74, 6) is 2.11. The maximum Gasteiger partial charge on any atom is 0.252 e. The highest BCUT2D eigenvalue weighted by Gasteiger charge is 2.44. The Morgan fingerprint density at radius 3 is 1.14 bits per heavy atom. The van der Waals surface area contributed by atoms with Crippen LogP contribution in [-0.2, 0) is 0 Å². The van der Waals surface area contributed by atoms with Crippen LogP contribution in [0.5, 0.6) is 0 Å². The summed E-state index contributed by atoms with van der Waals surface area (Å²) >= 11 is 0. The third kappa shape index (κ3) is 10.6. The van der Waals surface area contributed by atoms with Crippen molar-refractivity contribution < 1.29 is 0 Å². The van der Waals surface area contributed by atoms with E-state index in [-0.39, 0.29) is 6.71 Å². The smallest absolute Gasteiger partial charge is 0.252 e. The maximum atomic E-state index is 10.7. The van der Waals surface area contributed by atoms with Crippen LogP contribution in [0.25, 0.3) is 129 Å². The molecule has 2 aliphatic heterocycles. The number of anilines is 6. The Morgan fingerprint density at radius 2 is 0.654 bits per heavy atom. The molecular formula is C93H57BN10. The Kier molecular flexibility index (Phi) is 14.8. The Bertz CT molecular complexity index is 6010. The van der Waals surface area contributed by atoms with Crippen LogP contribution in [0.2, 0.25) is 0 Å². The molecule has 19 rings (SSSR count). The van der Waals surface area contributed by atoms with Crippen LogP contribution in [0, 0.1) is 22.7 Å². The summed E-state index contributed by atoms with van der Waals surface area (Å²) in [4.78, 5) is 31.5. The average Bonchev–Trinajstić information content (AvgIpc) is 0.883. The van der Waals surface area contributed by atoms with Crippen LogP contribution < -0.4 is 26.2 Å². The minimum atomic E-state index is -0.358. The predicted molar refractivity (Wildman–Crippen MR) is 422 cm³/mol. The second kappa shape index (κ2) is 25.4. The van der Waals surface area contributed by atoms with E-state index >= 15 is 0 Å². The van der Waals surface area contributed by atoms with Crippen LogP contribution in [0.3, 0.4) is 0 Å². The van der Waals surface area contributed by atoms with Crippen molar-refractivity contribution in [2.45, 2.75) is 0 Å². The molecule has 0 spiro atoms. The third-order valence-electron chi connectivity index (χ3n) is 20.1. The Labute approximate surface area is 601 Å². The number of nitrogens with zero attached hydrogens (tertiary/aromatic N) is 10. The summed E-state index contributed by atoms with van der Waals surface area (Å²) < 4.78 is 2.35. The summed E-state index contributed by atoms with van der Waals surface area (Å²) in [5.41, 5.74) is 26.0. The number of fused-ring (bicyclic) bond motifs is 7. The predicted octanol–water partition coefficient (Wildman–Crippen LogP) is 20.6. The minimum absolute atomic E-state index is 0.358. The molecule has 11 heteroatoms. The van der Waals surface area contributed by atoms with Gasteiger partial charge in [0.2, 0.25) is 0 Å². The van der Waals surface area contributed by atoms with Gasteiger partial charge in [-0.25, -0.2) is 24.9 Å². The number of rotatable bonds is 12. The molecule has 0 aliphatic carbocycles. The van der Waals surface area contributed by atoms with Gasteiger partial charge in [-0.15, -0.1) is 0 Å². The Morgan fingerprint density at radius 1 is 0.260 bits per heavy atom. The summed E-state index contributed by atoms with van der Waals surface area (Å²) in [6, 6.07) is 125. The first kappa shape index (κ1) is 60.8. The number of aromatic nitrogens is 6. The quantitative estimate of drug-likeness (QED) is 0.110. The lowest BCUT2D eigenvalue weighted by atomic mass is 9.33. The number of nitriles is 2. The van der Waals surface area contributed by atoms with E-state index in [1.807, 2.05) is 133 Å². The van der Waals surface area contributed by atoms with E-state index in [9.17, 15) is 10.5 Å². The standard InChI is InChI=1S/C93H57BN10/c95-58-60-35-47-85-78(51-60)94-79-52-61(59-96)36-48-86(79)103(74-45-39-65(40-46-74)63-23-9-2-10-24-63)88-56-72(55-87(89(88)94)102(85)73-43-37-64(38-44-73)62-21-7-1-8-22-62)70-41-49-83-76(53-70)75-33-19-20-34-82(75)104(83)84-50-42-71(92-97-80(66-25-11-3-12-26-66)57-81(98-92)67-27-13-4-14-28-67)54-77(84)93-100-90(68-29-15-5-16-30-68)99-91(101-93)69-31-17-6-18-32-69/h1-57H. The second-order valence-electron chi connectivity index (χ2n) is 26.2. The Hall–Kier alpha value is -14.4. The fourth-order valence-corrected chi connectivity index (χ4v) is 15.2. The first-order valence-electron chi connectivity index (χ1n) is 34.7. The molecular weight excluding hydrogens is 1270 g/mol. The molecule has 17 aromatic rings. The van der Waals surface area contributed by atoms with Gasteiger partial charge >= 0.3 is 0 Å². The SMILES string of the molecule is N#Cc1ccc2c(c1)B1c3cc(C#N)ccc3N(c3ccc(-c4ccccc4)cc3)c3cc(-c4ccc5c(c4)c4ccccc4n5-c4ccc(-c5nc(-c6ccccc6)cc(-c6ccccc6)n5)cc4-c4nc(-c5ccccc5)nc(-c5ccccc5)n4)cc(c31)N2c1ccc(-c2ccccc2)cc1. The van der Waals surface area contributed by atoms with Gasteiger partial charge in [-0.3, -0.25) is 0 Å². The zero-order chi connectivity index (χ0) is 69.2. The first-order chi connectivity index (χ1) is 51.4. The zero-order valence-corrected chi connectivity index (χ0v) is 56.0. The van der Waals surface area contributed by atoms with Crippen LogP contribution in [0.1, 0.15) is 11.1 Å². The van der Waals surface area contributed by atoms with Crippen LogP contribution in [0.15, 0.2) is 346 Å². The number of para-hydroxylation sites is 1. The van der Waals surface area contributed by atoms with Gasteiger partial charge in [-0.1, -0.05) is 231 Å². The largest absolute Gasteiger partial charge is 0.311 e. The molecule has 14 aromatic carbocycles. The van der Waals surface area contributed by atoms with Gasteiger partial charge in [-0.05, 0) is 165 Å². The highest BCUT2D eigenvalue weighted by Crippen LogP contribution is 2.48. The van der Waals surface area contributed by atoms with Crippen molar-refractivity contribution >= 4 is 79.0 Å². The van der Waals surface area contributed by atoms with E-state index in [1.54, 1.807) is 0 Å². The van der Waals surface area contributed by atoms with Crippen LogP contribution in [-0.4, -0.2) is 36.2 Å². The molecule has 2 aliphatic rings. The van der Waals surface area contributed by atoms with Crippen LogP contribution in [0.4, 0.5) is 34.1 Å². The molecule has 0 saturated heterocycles. The summed E-state index contributed by atoms with van der Waals surface area (Å²) in [5, 5.41) is 23.5. The first-order valence-corrected chi connectivity index (χ1v) is 34.7. The molecule has 5 heterocycles. The minimum Gasteiger partial charge on any atom is -0.311 e. The van der Waals surface area contributed by atoms with Gasteiger partial charge in [0.05, 0.1) is 51.4 Å². The summed E-state index contributed by atoms with van der Waals surface area (Å²) in [6.07, 6.45) is 0. The lowest BCUT2D eigenvalue weighted by Gasteiger charge is -2.44. The molecule has 0 atom stereocenters. The fraction of sp³-hybridized carbons (Fsp3) is 0. The fourth-order valence-electron chi connectivity index (χ4n) is 15.2. The van der Waals surface area contributed by atoms with Crippen molar-refractivity contribution in [3.05, 3.63) is 357 Å². The van der Waals surface area contributed by atoms with Crippen molar-refractivity contribution in [2.75, 3.05) is 9.80 Å². The summed E-state index contributed by atoms with van der Waals surface area (Å²) in [7, 11) is 0. The van der Waals surface area contributed by atoms with E-state index in [0.29, 0.717) is 34.4 Å². The number of benzene rings is 14. The topological polar surface area (TPSA) is 123 Å². The molecule has 0 fully saturated rings. The van der Waals surface area contributed by atoms with E-state index in [2.05, 4.69) is 239 Å². The zero-order valence-electron chi connectivity index (χ0n) is 56.0. The van der Waals surface area contributed by atoms with E-state index in [1.165, 1.54) is 0 Å². The van der Waals surface area contributed by atoms with Crippen LogP contribution >= 0.6 is 0 Å². The average molecular weight is 1330 g/mol. The van der Waals surface area contributed by atoms with Crippen molar-refractivity contribution in [2.24, 2.45) is 0 Å². The third-order valence-corrected chi connectivity index (χ3v) is 20.1. The normalized spacial score (nSPS) is 12.0. The molecule has 104 heavy (non-hydrogen) atoms. The number of hydrogen-bond donors (Lipinski definition) is 0. The molecule has 0 unspecified atom stereocenters. The molecule has 0 saturated carbocycles. The molecule has 0 radical (unpaired) electrons. The van der Waals surface area contributed by atoms with Crippen molar-refractivity contribution in [1.82, 2.24) is 29.5 Å². The monoisotopic (exact) mass is 1320 g/mol. The Balaban J connectivity index is 0.845. The van der Waals surface area contributed by atoms with Gasteiger partial charge in [-0.2, -0.15) is 10.5 Å². The number of hydrogen-bond acceptors (Lipinski definition) is 9. The molecule has 482 valence electrons. The van der Waals surface area contributed by atoms with E-state index < -0.39 is 0 Å². The van der Waals surface area contributed by atoms with Gasteiger partial charge in [0.1, 0.15) is 0 Å². The van der Waals surface area contributed by atoms with Gasteiger partial charge in [0.15, 0.2) is 23.3 Å². The molecule has 0 amide bonds. The summed E-state index contributed by atoms with van der Waals surface area (Å²) in [6.45, 7) is -0.358. The lowest BCUT2D eigenvalue weighted by Crippen LogP contribution is -2.61. The van der Waals surface area contributed by atoms with Crippen molar-refractivity contribution in [3.8, 4) is 119 Å². The highest BCUT2D eigenvalue weighted by molar-refractivity contribution is 7.00. The maximum absolute atomic E-state index is 10.7. The second-order valence-corrected chi connectivity index (χ2v) is 26.2.